The van der Waals surface area contributed by atoms with Gasteiger partial charge in [-0.3, -0.25) is 4.90 Å². The maximum atomic E-state index is 4.47. The first-order valence-electron chi connectivity index (χ1n) is 6.68. The summed E-state index contributed by atoms with van der Waals surface area (Å²) < 4.78 is 0. The minimum Gasteiger partial charge on any atom is -0.370 e. The van der Waals surface area contributed by atoms with Crippen LogP contribution in [0, 0.1) is 0 Å². The van der Waals surface area contributed by atoms with Gasteiger partial charge in [-0.2, -0.15) is 0 Å². The first kappa shape index (κ1) is 12.4. The third kappa shape index (κ3) is 2.78. The van der Waals surface area contributed by atoms with E-state index in [-0.39, 0.29) is 0 Å². The highest BCUT2D eigenvalue weighted by molar-refractivity contribution is 5.36. The predicted octanol–water partition coefficient (Wildman–Crippen LogP) is 3.06. The first-order chi connectivity index (χ1) is 8.22. The van der Waals surface area contributed by atoms with Crippen molar-refractivity contribution >= 4 is 5.82 Å². The van der Waals surface area contributed by atoms with E-state index in [4.69, 9.17) is 0 Å². The van der Waals surface area contributed by atoms with Gasteiger partial charge in [0.15, 0.2) is 0 Å². The monoisotopic (exact) mass is 233 g/mol. The van der Waals surface area contributed by atoms with Crippen LogP contribution in [-0.4, -0.2) is 29.0 Å². The van der Waals surface area contributed by atoms with Crippen molar-refractivity contribution in [3.05, 3.63) is 23.9 Å². The molecule has 0 amide bonds. The number of anilines is 1. The molecule has 1 aliphatic rings. The Morgan fingerprint density at radius 2 is 2.29 bits per heavy atom. The SMILES string of the molecule is CCNc1ccc([C@H]2CCCN2C(C)C)cn1. The molecular weight excluding hydrogens is 210 g/mol. The Labute approximate surface area is 104 Å². The molecule has 0 unspecified atom stereocenters. The zero-order valence-corrected chi connectivity index (χ0v) is 11.1. The van der Waals surface area contributed by atoms with Crippen LogP contribution in [0.5, 0.6) is 0 Å². The molecule has 2 rings (SSSR count). The van der Waals surface area contributed by atoms with E-state index in [0.717, 1.165) is 12.4 Å². The maximum Gasteiger partial charge on any atom is 0.125 e. The number of nitrogens with one attached hydrogen (secondary N) is 1. The van der Waals surface area contributed by atoms with Gasteiger partial charge in [0.25, 0.3) is 0 Å². The molecule has 94 valence electrons. The van der Waals surface area contributed by atoms with Gasteiger partial charge in [-0.1, -0.05) is 6.07 Å². The van der Waals surface area contributed by atoms with Crippen LogP contribution in [0.15, 0.2) is 18.3 Å². The fourth-order valence-electron chi connectivity index (χ4n) is 2.65. The van der Waals surface area contributed by atoms with E-state index in [0.29, 0.717) is 12.1 Å². The highest BCUT2D eigenvalue weighted by Crippen LogP contribution is 2.33. The molecule has 0 spiro atoms. The lowest BCUT2D eigenvalue weighted by Crippen LogP contribution is -2.30. The molecule has 0 aromatic carbocycles. The van der Waals surface area contributed by atoms with Crippen molar-refractivity contribution < 1.29 is 0 Å². The zero-order valence-electron chi connectivity index (χ0n) is 11.1. The van der Waals surface area contributed by atoms with Crippen LogP contribution in [0.4, 0.5) is 5.82 Å². The average molecular weight is 233 g/mol. The molecule has 3 heteroatoms. The van der Waals surface area contributed by atoms with E-state index >= 15 is 0 Å². The van der Waals surface area contributed by atoms with E-state index in [9.17, 15) is 0 Å². The summed E-state index contributed by atoms with van der Waals surface area (Å²) in [5, 5.41) is 3.23. The molecule has 0 aliphatic carbocycles. The quantitative estimate of drug-likeness (QED) is 0.866. The Hall–Kier alpha value is -1.09. The van der Waals surface area contributed by atoms with Crippen molar-refractivity contribution in [2.24, 2.45) is 0 Å². The molecule has 1 N–H and O–H groups in total. The maximum absolute atomic E-state index is 4.47. The highest BCUT2D eigenvalue weighted by atomic mass is 15.2. The van der Waals surface area contributed by atoms with Crippen LogP contribution in [0.1, 0.15) is 45.2 Å². The van der Waals surface area contributed by atoms with Crippen molar-refractivity contribution in [3.63, 3.8) is 0 Å². The van der Waals surface area contributed by atoms with Gasteiger partial charge in [0.05, 0.1) is 0 Å². The molecule has 1 fully saturated rings. The summed E-state index contributed by atoms with van der Waals surface area (Å²) in [5.41, 5.74) is 1.36. The molecule has 1 aromatic rings. The molecule has 1 atom stereocenters. The lowest BCUT2D eigenvalue weighted by atomic mass is 10.1. The topological polar surface area (TPSA) is 28.2 Å². The summed E-state index contributed by atoms with van der Waals surface area (Å²) in [4.78, 5) is 7.04. The smallest absolute Gasteiger partial charge is 0.125 e. The molecule has 0 saturated carbocycles. The Balaban J connectivity index is 2.11. The van der Waals surface area contributed by atoms with Crippen molar-refractivity contribution in [1.29, 1.82) is 0 Å². The molecule has 1 aromatic heterocycles. The lowest BCUT2D eigenvalue weighted by Gasteiger charge is -2.28. The number of pyridine rings is 1. The molecule has 0 radical (unpaired) electrons. The van der Waals surface area contributed by atoms with E-state index in [1.54, 1.807) is 0 Å². The lowest BCUT2D eigenvalue weighted by molar-refractivity contribution is 0.205. The number of rotatable bonds is 4. The Kier molecular flexibility index (Phi) is 4.00. The summed E-state index contributed by atoms with van der Waals surface area (Å²) >= 11 is 0. The number of aromatic nitrogens is 1. The van der Waals surface area contributed by atoms with E-state index in [2.05, 4.69) is 48.1 Å². The van der Waals surface area contributed by atoms with Crippen molar-refractivity contribution in [2.45, 2.75) is 45.7 Å². The molecule has 17 heavy (non-hydrogen) atoms. The van der Waals surface area contributed by atoms with Gasteiger partial charge in [-0.25, -0.2) is 4.98 Å². The number of likely N-dealkylation sites (tertiary alicyclic amines) is 1. The first-order valence-corrected chi connectivity index (χ1v) is 6.68. The molecule has 3 nitrogen and oxygen atoms in total. The van der Waals surface area contributed by atoms with Gasteiger partial charge in [0.2, 0.25) is 0 Å². The second-order valence-corrected chi connectivity index (χ2v) is 5.00. The van der Waals surface area contributed by atoms with E-state index in [1.165, 1.54) is 24.9 Å². The average Bonchev–Trinajstić information content (AvgIpc) is 2.79. The number of hydrogen-bond acceptors (Lipinski definition) is 3. The second kappa shape index (κ2) is 5.50. The van der Waals surface area contributed by atoms with Crippen LogP contribution in [-0.2, 0) is 0 Å². The van der Waals surface area contributed by atoms with Crippen LogP contribution in [0.3, 0.4) is 0 Å². The standard InChI is InChI=1S/C14H23N3/c1-4-15-14-8-7-12(10-16-14)13-6-5-9-17(13)11(2)3/h7-8,10-11,13H,4-6,9H2,1-3H3,(H,15,16)/t13-/m1/s1. The van der Waals surface area contributed by atoms with Crippen LogP contribution in [0.2, 0.25) is 0 Å². The Bertz CT molecular complexity index is 345. The van der Waals surface area contributed by atoms with E-state index < -0.39 is 0 Å². The summed E-state index contributed by atoms with van der Waals surface area (Å²) in [6, 6.07) is 5.50. The summed E-state index contributed by atoms with van der Waals surface area (Å²) in [6.45, 7) is 8.79. The van der Waals surface area contributed by atoms with Crippen molar-refractivity contribution in [3.8, 4) is 0 Å². The highest BCUT2D eigenvalue weighted by Gasteiger charge is 2.27. The van der Waals surface area contributed by atoms with Gasteiger partial charge in [-0.15, -0.1) is 0 Å². The number of hydrogen-bond donors (Lipinski definition) is 1. The minimum absolute atomic E-state index is 0.568. The second-order valence-electron chi connectivity index (χ2n) is 5.00. The third-order valence-corrected chi connectivity index (χ3v) is 3.49. The van der Waals surface area contributed by atoms with Crippen molar-refractivity contribution in [1.82, 2.24) is 9.88 Å². The molecule has 2 heterocycles. The van der Waals surface area contributed by atoms with Crippen LogP contribution in [0.25, 0.3) is 0 Å². The van der Waals surface area contributed by atoms with Gasteiger partial charge >= 0.3 is 0 Å². The Morgan fingerprint density at radius 1 is 1.47 bits per heavy atom. The van der Waals surface area contributed by atoms with Gasteiger partial charge < -0.3 is 5.32 Å². The Morgan fingerprint density at radius 3 is 2.88 bits per heavy atom. The molecular formula is C14H23N3. The fraction of sp³-hybridized carbons (Fsp3) is 0.643. The van der Waals surface area contributed by atoms with Gasteiger partial charge in [0.1, 0.15) is 5.82 Å². The summed E-state index contributed by atoms with van der Waals surface area (Å²) in [5.74, 6) is 0.977. The molecule has 1 aliphatic heterocycles. The van der Waals surface area contributed by atoms with Gasteiger partial charge in [-0.05, 0) is 51.8 Å². The third-order valence-electron chi connectivity index (χ3n) is 3.49. The van der Waals surface area contributed by atoms with Crippen LogP contribution >= 0.6 is 0 Å². The minimum atomic E-state index is 0.568. The van der Waals surface area contributed by atoms with Crippen LogP contribution < -0.4 is 5.32 Å². The normalized spacial score (nSPS) is 21.1. The number of nitrogens with zero attached hydrogens (tertiary/aromatic N) is 2. The largest absolute Gasteiger partial charge is 0.370 e. The van der Waals surface area contributed by atoms with E-state index in [1.807, 2.05) is 6.20 Å². The molecule has 0 bridgehead atoms. The fourth-order valence-corrected chi connectivity index (χ4v) is 2.65. The van der Waals surface area contributed by atoms with Gasteiger partial charge in [0, 0.05) is 24.8 Å². The summed E-state index contributed by atoms with van der Waals surface area (Å²) in [7, 11) is 0. The zero-order chi connectivity index (χ0) is 12.3. The summed E-state index contributed by atoms with van der Waals surface area (Å²) in [6.07, 6.45) is 4.60. The van der Waals surface area contributed by atoms with Crippen molar-refractivity contribution in [2.75, 3.05) is 18.4 Å². The molecule has 1 saturated heterocycles. The predicted molar refractivity (Wildman–Crippen MR) is 72.2 cm³/mol.